The van der Waals surface area contributed by atoms with Gasteiger partial charge in [-0.2, -0.15) is 0 Å². The maximum atomic E-state index is 5.93. The summed E-state index contributed by atoms with van der Waals surface area (Å²) in [7, 11) is 1.61. The molecular formula is C14H13Cl2N3OS. The minimum absolute atomic E-state index is 0.411. The van der Waals surface area contributed by atoms with E-state index in [0.717, 1.165) is 17.1 Å². The monoisotopic (exact) mass is 341 g/mol. The number of hydrogen-bond donors (Lipinski definition) is 3. The molecule has 0 amide bonds. The molecule has 0 saturated carbocycles. The van der Waals surface area contributed by atoms with Gasteiger partial charge in [0.1, 0.15) is 5.75 Å². The summed E-state index contributed by atoms with van der Waals surface area (Å²) in [5.74, 6) is 0.750. The van der Waals surface area contributed by atoms with Crippen LogP contribution in [-0.2, 0) is 0 Å². The molecule has 7 heteroatoms. The van der Waals surface area contributed by atoms with Crippen molar-refractivity contribution in [3.8, 4) is 5.75 Å². The number of hydrogen-bond acceptors (Lipinski definition) is 3. The Morgan fingerprint density at radius 1 is 1.05 bits per heavy atom. The highest BCUT2D eigenvalue weighted by atomic mass is 35.5. The molecule has 3 N–H and O–H groups in total. The zero-order chi connectivity index (χ0) is 15.2. The standard InChI is InChI=1S/C14H13Cl2N3OS/c1-20-11-4-2-3-9(7-11)17-14(21)19-18-10-5-6-12(15)13(16)8-10/h2-8,18H,1H3,(H2,17,19,21). The predicted molar refractivity (Wildman–Crippen MR) is 92.4 cm³/mol. The van der Waals surface area contributed by atoms with Crippen molar-refractivity contribution in [2.45, 2.75) is 0 Å². The first-order valence-electron chi connectivity index (χ1n) is 6.00. The lowest BCUT2D eigenvalue weighted by atomic mass is 10.3. The highest BCUT2D eigenvalue weighted by molar-refractivity contribution is 7.80. The molecule has 2 rings (SSSR count). The highest BCUT2D eigenvalue weighted by Gasteiger charge is 2.01. The van der Waals surface area contributed by atoms with Crippen LogP contribution >= 0.6 is 35.4 Å². The van der Waals surface area contributed by atoms with Crippen molar-refractivity contribution in [3.05, 3.63) is 52.5 Å². The SMILES string of the molecule is COc1cccc(NC(=S)NNc2ccc(Cl)c(Cl)c2)c1. The quantitative estimate of drug-likeness (QED) is 0.571. The molecule has 2 aromatic carbocycles. The minimum atomic E-state index is 0.411. The number of thiocarbonyl (C=S) groups is 1. The summed E-state index contributed by atoms with van der Waals surface area (Å²) in [5.41, 5.74) is 7.36. The van der Waals surface area contributed by atoms with Crippen molar-refractivity contribution in [1.82, 2.24) is 5.43 Å². The third kappa shape index (κ3) is 4.67. The second-order valence-electron chi connectivity index (χ2n) is 4.06. The van der Waals surface area contributed by atoms with Crippen molar-refractivity contribution < 1.29 is 4.74 Å². The number of halogens is 2. The summed E-state index contributed by atoms with van der Waals surface area (Å²) in [4.78, 5) is 0. The van der Waals surface area contributed by atoms with Gasteiger partial charge in [-0.15, -0.1) is 0 Å². The van der Waals surface area contributed by atoms with Gasteiger partial charge in [-0.25, -0.2) is 0 Å². The van der Waals surface area contributed by atoms with Crippen molar-refractivity contribution in [2.24, 2.45) is 0 Å². The van der Waals surface area contributed by atoms with Crippen LogP contribution in [0, 0.1) is 0 Å². The van der Waals surface area contributed by atoms with Crippen LogP contribution in [0.2, 0.25) is 10.0 Å². The van der Waals surface area contributed by atoms with Gasteiger partial charge in [0.25, 0.3) is 0 Å². The Labute approximate surface area is 138 Å². The van der Waals surface area contributed by atoms with Crippen molar-refractivity contribution >= 4 is 51.9 Å². The van der Waals surface area contributed by atoms with Crippen LogP contribution in [0.1, 0.15) is 0 Å². The van der Waals surface area contributed by atoms with Gasteiger partial charge in [0.2, 0.25) is 0 Å². The second-order valence-corrected chi connectivity index (χ2v) is 5.29. The number of nitrogens with one attached hydrogen (secondary N) is 3. The van der Waals surface area contributed by atoms with Crippen molar-refractivity contribution in [1.29, 1.82) is 0 Å². The molecule has 0 heterocycles. The summed E-state index contributed by atoms with van der Waals surface area (Å²) < 4.78 is 5.14. The maximum absolute atomic E-state index is 5.93. The Balaban J connectivity index is 1.90. The van der Waals surface area contributed by atoms with Crippen molar-refractivity contribution in [3.63, 3.8) is 0 Å². The van der Waals surface area contributed by atoms with E-state index in [0.29, 0.717) is 15.2 Å². The molecular weight excluding hydrogens is 329 g/mol. The predicted octanol–water partition coefficient (Wildman–Crippen LogP) is 4.32. The van der Waals surface area contributed by atoms with Crippen molar-refractivity contribution in [2.75, 3.05) is 17.9 Å². The fraction of sp³-hybridized carbons (Fsp3) is 0.0714. The smallest absolute Gasteiger partial charge is 0.189 e. The summed E-state index contributed by atoms with van der Waals surface area (Å²) in [6.45, 7) is 0. The number of rotatable bonds is 4. The molecule has 2 aromatic rings. The van der Waals surface area contributed by atoms with Crippen LogP contribution in [0.5, 0.6) is 5.75 Å². The topological polar surface area (TPSA) is 45.3 Å². The second kappa shape index (κ2) is 7.36. The fourth-order valence-corrected chi connectivity index (χ4v) is 2.03. The lowest BCUT2D eigenvalue weighted by Crippen LogP contribution is -2.33. The van der Waals surface area contributed by atoms with E-state index >= 15 is 0 Å². The molecule has 0 atom stereocenters. The van der Waals surface area contributed by atoms with E-state index < -0.39 is 0 Å². The third-order valence-electron chi connectivity index (χ3n) is 2.57. The number of methoxy groups -OCH3 is 1. The molecule has 0 bridgehead atoms. The molecule has 0 aromatic heterocycles. The van der Waals surface area contributed by atoms with Gasteiger partial charge in [0.05, 0.1) is 22.8 Å². The molecule has 0 spiro atoms. The third-order valence-corrected chi connectivity index (χ3v) is 3.51. The van der Waals surface area contributed by atoms with E-state index in [1.54, 1.807) is 25.3 Å². The van der Waals surface area contributed by atoms with E-state index in [9.17, 15) is 0 Å². The highest BCUT2D eigenvalue weighted by Crippen LogP contribution is 2.24. The first-order valence-corrected chi connectivity index (χ1v) is 7.17. The Hall–Kier alpha value is -1.69. The Morgan fingerprint density at radius 2 is 1.86 bits per heavy atom. The van der Waals surface area contributed by atoms with Gasteiger partial charge >= 0.3 is 0 Å². The average Bonchev–Trinajstić information content (AvgIpc) is 2.48. The van der Waals surface area contributed by atoms with E-state index in [2.05, 4.69) is 16.2 Å². The van der Waals surface area contributed by atoms with Gasteiger partial charge in [0.15, 0.2) is 5.11 Å². The number of hydrazine groups is 1. The van der Waals surface area contributed by atoms with E-state index in [1.807, 2.05) is 24.3 Å². The first-order chi connectivity index (χ1) is 10.1. The summed E-state index contributed by atoms with van der Waals surface area (Å²) in [6, 6.07) is 12.6. The van der Waals surface area contributed by atoms with Gasteiger partial charge in [-0.05, 0) is 42.5 Å². The summed E-state index contributed by atoms with van der Waals surface area (Å²) >= 11 is 17.0. The Kier molecular flexibility index (Phi) is 5.50. The Bertz CT molecular complexity index is 652. The van der Waals surface area contributed by atoms with E-state index in [1.165, 1.54) is 0 Å². The zero-order valence-corrected chi connectivity index (χ0v) is 13.4. The molecule has 0 fully saturated rings. The minimum Gasteiger partial charge on any atom is -0.497 e. The van der Waals surface area contributed by atoms with E-state index in [-0.39, 0.29) is 0 Å². The van der Waals surface area contributed by atoms with Gasteiger partial charge in [0, 0.05) is 11.8 Å². The molecule has 0 unspecified atom stereocenters. The normalized spacial score (nSPS) is 9.86. The van der Waals surface area contributed by atoms with Gasteiger partial charge in [-0.3, -0.25) is 10.9 Å². The summed E-state index contributed by atoms with van der Waals surface area (Å²) in [5, 5.41) is 4.41. The van der Waals surface area contributed by atoms with Crippen LogP contribution in [0.15, 0.2) is 42.5 Å². The zero-order valence-electron chi connectivity index (χ0n) is 11.1. The molecule has 0 aliphatic carbocycles. The molecule has 0 aliphatic rings. The Morgan fingerprint density at radius 3 is 2.57 bits per heavy atom. The number of benzene rings is 2. The van der Waals surface area contributed by atoms with Gasteiger partial charge < -0.3 is 10.1 Å². The molecule has 110 valence electrons. The van der Waals surface area contributed by atoms with Crippen LogP contribution in [0.4, 0.5) is 11.4 Å². The molecule has 0 aliphatic heterocycles. The van der Waals surface area contributed by atoms with Crippen LogP contribution in [0.25, 0.3) is 0 Å². The van der Waals surface area contributed by atoms with Gasteiger partial charge in [-0.1, -0.05) is 29.3 Å². The molecule has 0 radical (unpaired) electrons. The fourth-order valence-electron chi connectivity index (χ4n) is 1.57. The largest absolute Gasteiger partial charge is 0.497 e. The van der Waals surface area contributed by atoms with Crippen LogP contribution < -0.4 is 20.9 Å². The molecule has 4 nitrogen and oxygen atoms in total. The van der Waals surface area contributed by atoms with Crippen LogP contribution in [0.3, 0.4) is 0 Å². The average molecular weight is 342 g/mol. The summed E-state index contributed by atoms with van der Waals surface area (Å²) in [6.07, 6.45) is 0. The van der Waals surface area contributed by atoms with E-state index in [4.69, 9.17) is 40.2 Å². The maximum Gasteiger partial charge on any atom is 0.189 e. The lowest BCUT2D eigenvalue weighted by molar-refractivity contribution is 0.415. The molecule has 0 saturated heterocycles. The number of anilines is 2. The first kappa shape index (κ1) is 15.7. The molecule has 21 heavy (non-hydrogen) atoms. The number of ether oxygens (including phenoxy) is 1. The lowest BCUT2D eigenvalue weighted by Gasteiger charge is -2.13. The van der Waals surface area contributed by atoms with Crippen LogP contribution in [-0.4, -0.2) is 12.2 Å².